The zero-order valence-corrected chi connectivity index (χ0v) is 12.5. The molecule has 1 atom stereocenters. The quantitative estimate of drug-likeness (QED) is 0.657. The smallest absolute Gasteiger partial charge is 0.0167 e. The van der Waals surface area contributed by atoms with Gasteiger partial charge in [0.2, 0.25) is 0 Å². The summed E-state index contributed by atoms with van der Waals surface area (Å²) in [7, 11) is 0. The first kappa shape index (κ1) is 13.9. The summed E-state index contributed by atoms with van der Waals surface area (Å²) in [6, 6.07) is 17.9. The number of hydrogen-bond acceptors (Lipinski definition) is 0. The predicted octanol–water partition coefficient (Wildman–Crippen LogP) is 5.68. The fraction of sp³-hybridized carbons (Fsp3) is 0.368. The molecule has 0 aliphatic rings. The molecule has 0 nitrogen and oxygen atoms in total. The van der Waals surface area contributed by atoms with Gasteiger partial charge in [-0.05, 0) is 40.5 Å². The molecule has 0 bridgehead atoms. The van der Waals surface area contributed by atoms with Crippen molar-refractivity contribution in [2.45, 2.75) is 40.0 Å². The molecule has 0 fully saturated rings. The van der Waals surface area contributed by atoms with E-state index in [1.165, 1.54) is 22.3 Å². The predicted molar refractivity (Wildman–Crippen MR) is 84.5 cm³/mol. The van der Waals surface area contributed by atoms with E-state index in [1.807, 2.05) is 0 Å². The van der Waals surface area contributed by atoms with Crippen LogP contribution in [0.25, 0.3) is 11.1 Å². The van der Waals surface area contributed by atoms with Gasteiger partial charge in [0.1, 0.15) is 0 Å². The molecule has 0 heterocycles. The average Bonchev–Trinajstić information content (AvgIpc) is 2.46. The van der Waals surface area contributed by atoms with Gasteiger partial charge in [-0.3, -0.25) is 0 Å². The van der Waals surface area contributed by atoms with Crippen LogP contribution in [0, 0.1) is 5.92 Å². The Morgan fingerprint density at radius 2 is 1.21 bits per heavy atom. The Labute approximate surface area is 117 Å². The Balaban J connectivity index is 2.22. The average molecular weight is 252 g/mol. The standard InChI is InChI=1S/C19H24/c1-5-16-6-8-18(9-7-16)19-12-10-17(11-13-19)15(4)14(2)3/h6-15H,5H2,1-4H3/t15-/m1/s1. The van der Waals surface area contributed by atoms with Gasteiger partial charge in [-0.15, -0.1) is 0 Å². The Kier molecular flexibility index (Phi) is 4.42. The van der Waals surface area contributed by atoms with Gasteiger partial charge in [0, 0.05) is 0 Å². The van der Waals surface area contributed by atoms with E-state index < -0.39 is 0 Å². The van der Waals surface area contributed by atoms with Gasteiger partial charge in [-0.2, -0.15) is 0 Å². The minimum absolute atomic E-state index is 0.622. The van der Waals surface area contributed by atoms with Gasteiger partial charge < -0.3 is 0 Å². The van der Waals surface area contributed by atoms with Crippen LogP contribution in [-0.2, 0) is 6.42 Å². The summed E-state index contributed by atoms with van der Waals surface area (Å²) in [5.74, 6) is 1.31. The number of benzene rings is 2. The van der Waals surface area contributed by atoms with E-state index in [4.69, 9.17) is 0 Å². The normalized spacial score (nSPS) is 12.7. The van der Waals surface area contributed by atoms with Crippen molar-refractivity contribution in [3.63, 3.8) is 0 Å². The third-order valence-electron chi connectivity index (χ3n) is 4.13. The fourth-order valence-corrected chi connectivity index (χ4v) is 2.30. The number of hydrogen-bond donors (Lipinski definition) is 0. The molecule has 0 spiro atoms. The van der Waals surface area contributed by atoms with Crippen LogP contribution in [0.3, 0.4) is 0 Å². The maximum atomic E-state index is 2.30. The van der Waals surface area contributed by atoms with Crippen molar-refractivity contribution in [3.8, 4) is 11.1 Å². The maximum Gasteiger partial charge on any atom is -0.0167 e. The molecule has 0 aliphatic carbocycles. The molecule has 0 heteroatoms. The van der Waals surface area contributed by atoms with Crippen molar-refractivity contribution in [2.75, 3.05) is 0 Å². The minimum atomic E-state index is 0.622. The first-order chi connectivity index (χ1) is 9.11. The summed E-state index contributed by atoms with van der Waals surface area (Å²) in [6.45, 7) is 9.05. The molecule has 2 rings (SSSR count). The van der Waals surface area contributed by atoms with Crippen molar-refractivity contribution in [1.82, 2.24) is 0 Å². The van der Waals surface area contributed by atoms with Crippen LogP contribution in [0.2, 0.25) is 0 Å². The van der Waals surface area contributed by atoms with E-state index in [0.29, 0.717) is 11.8 Å². The molecule has 0 amide bonds. The molecular formula is C19H24. The first-order valence-corrected chi connectivity index (χ1v) is 7.31. The molecule has 19 heavy (non-hydrogen) atoms. The molecular weight excluding hydrogens is 228 g/mol. The van der Waals surface area contributed by atoms with Gasteiger partial charge in [0.05, 0.1) is 0 Å². The summed E-state index contributed by atoms with van der Waals surface area (Å²) in [4.78, 5) is 0. The van der Waals surface area contributed by atoms with Crippen LogP contribution in [-0.4, -0.2) is 0 Å². The lowest BCUT2D eigenvalue weighted by Crippen LogP contribution is -2.01. The lowest BCUT2D eigenvalue weighted by Gasteiger charge is -2.16. The summed E-state index contributed by atoms with van der Waals surface area (Å²) < 4.78 is 0. The Bertz CT molecular complexity index is 503. The summed E-state index contributed by atoms with van der Waals surface area (Å²) in [5.41, 5.74) is 5.45. The first-order valence-electron chi connectivity index (χ1n) is 7.31. The Morgan fingerprint density at radius 1 is 0.737 bits per heavy atom. The van der Waals surface area contributed by atoms with Gasteiger partial charge in [-0.25, -0.2) is 0 Å². The van der Waals surface area contributed by atoms with E-state index in [0.717, 1.165) is 6.42 Å². The summed E-state index contributed by atoms with van der Waals surface area (Å²) >= 11 is 0. The molecule has 0 aromatic heterocycles. The van der Waals surface area contributed by atoms with Crippen LogP contribution in [0.5, 0.6) is 0 Å². The minimum Gasteiger partial charge on any atom is -0.0622 e. The van der Waals surface area contributed by atoms with Crippen LogP contribution >= 0.6 is 0 Å². The molecule has 0 radical (unpaired) electrons. The van der Waals surface area contributed by atoms with E-state index in [2.05, 4.69) is 76.2 Å². The van der Waals surface area contributed by atoms with Gasteiger partial charge >= 0.3 is 0 Å². The molecule has 100 valence electrons. The molecule has 0 unspecified atom stereocenters. The summed E-state index contributed by atoms with van der Waals surface area (Å²) in [5, 5.41) is 0. The third kappa shape index (κ3) is 3.26. The van der Waals surface area contributed by atoms with Crippen LogP contribution in [0.4, 0.5) is 0 Å². The van der Waals surface area contributed by atoms with Gasteiger partial charge in [-0.1, -0.05) is 76.2 Å². The van der Waals surface area contributed by atoms with Crippen molar-refractivity contribution in [1.29, 1.82) is 0 Å². The lowest BCUT2D eigenvalue weighted by molar-refractivity contribution is 0.535. The highest BCUT2D eigenvalue weighted by molar-refractivity contribution is 5.64. The molecule has 0 saturated heterocycles. The highest BCUT2D eigenvalue weighted by Gasteiger charge is 2.09. The second kappa shape index (κ2) is 6.06. The monoisotopic (exact) mass is 252 g/mol. The molecule has 2 aromatic rings. The Hall–Kier alpha value is -1.56. The highest BCUT2D eigenvalue weighted by Crippen LogP contribution is 2.27. The zero-order chi connectivity index (χ0) is 13.8. The second-order valence-corrected chi connectivity index (χ2v) is 5.71. The molecule has 0 saturated carbocycles. The SMILES string of the molecule is CCc1ccc(-c2ccc([C@H](C)C(C)C)cc2)cc1. The number of rotatable bonds is 4. The van der Waals surface area contributed by atoms with Gasteiger partial charge in [0.15, 0.2) is 0 Å². The largest absolute Gasteiger partial charge is 0.0622 e. The van der Waals surface area contributed by atoms with E-state index in [-0.39, 0.29) is 0 Å². The van der Waals surface area contributed by atoms with E-state index in [9.17, 15) is 0 Å². The highest BCUT2D eigenvalue weighted by atomic mass is 14.1. The number of aryl methyl sites for hydroxylation is 1. The Morgan fingerprint density at radius 3 is 1.63 bits per heavy atom. The van der Waals surface area contributed by atoms with Crippen molar-refractivity contribution >= 4 is 0 Å². The topological polar surface area (TPSA) is 0 Å². The lowest BCUT2D eigenvalue weighted by atomic mass is 9.89. The van der Waals surface area contributed by atoms with Crippen molar-refractivity contribution < 1.29 is 0 Å². The van der Waals surface area contributed by atoms with Crippen molar-refractivity contribution in [3.05, 3.63) is 59.7 Å². The molecule has 2 aromatic carbocycles. The zero-order valence-electron chi connectivity index (χ0n) is 12.5. The maximum absolute atomic E-state index is 2.30. The summed E-state index contributed by atoms with van der Waals surface area (Å²) in [6.07, 6.45) is 1.10. The molecule has 0 aliphatic heterocycles. The van der Waals surface area contributed by atoms with Gasteiger partial charge in [0.25, 0.3) is 0 Å². The fourth-order valence-electron chi connectivity index (χ4n) is 2.30. The van der Waals surface area contributed by atoms with Crippen LogP contribution < -0.4 is 0 Å². The molecule has 0 N–H and O–H groups in total. The van der Waals surface area contributed by atoms with E-state index >= 15 is 0 Å². The van der Waals surface area contributed by atoms with Crippen LogP contribution in [0.15, 0.2) is 48.5 Å². The third-order valence-corrected chi connectivity index (χ3v) is 4.13. The second-order valence-electron chi connectivity index (χ2n) is 5.71. The van der Waals surface area contributed by atoms with Crippen LogP contribution in [0.1, 0.15) is 44.7 Å². The van der Waals surface area contributed by atoms with E-state index in [1.54, 1.807) is 0 Å². The van der Waals surface area contributed by atoms with Crippen molar-refractivity contribution in [2.24, 2.45) is 5.92 Å².